The molecule has 0 spiro atoms. The van der Waals surface area contributed by atoms with Gasteiger partial charge in [-0.2, -0.15) is 0 Å². The number of allylic oxidation sites excluding steroid dienone is 1. The number of carbonyl (C=O) groups excluding carboxylic acids is 1. The standard InChI is InChI=1S/C4H5O/c1-2-3-4-5/h2-4H,1H2/i4+1. The molecule has 0 N–H and O–H groups in total. The molecule has 1 heteroatoms. The number of carbonyl (C=O) groups is 1. The molecule has 0 aliphatic carbocycles. The molecule has 0 saturated heterocycles. The second kappa shape index (κ2) is 3.41. The summed E-state index contributed by atoms with van der Waals surface area (Å²) in [4.78, 5) is 9.28. The van der Waals surface area contributed by atoms with Crippen LogP contribution in [0, 0.1) is 6.42 Å². The molecule has 27 valence electrons. The van der Waals surface area contributed by atoms with Crippen molar-refractivity contribution in [2.24, 2.45) is 0 Å². The third-order valence-corrected chi connectivity index (χ3v) is 0.215. The number of rotatable bonds is 2. The Balaban J connectivity index is 2.65. The molecule has 0 aromatic carbocycles. The maximum atomic E-state index is 9.28. The first-order valence-electron chi connectivity index (χ1n) is 1.31. The Labute approximate surface area is 31.3 Å². The highest BCUT2D eigenvalue weighted by atomic mass is 16.2. The molecule has 0 amide bonds. The molecule has 0 aromatic rings. The Morgan fingerprint density at radius 3 is 2.20 bits per heavy atom. The van der Waals surface area contributed by atoms with E-state index in [-0.39, 0.29) is 0 Å². The van der Waals surface area contributed by atoms with E-state index in [0.717, 1.165) is 0 Å². The summed E-state index contributed by atoms with van der Waals surface area (Å²) in [6, 6.07) is 0. The van der Waals surface area contributed by atoms with Crippen molar-refractivity contribution in [2.45, 2.75) is 0 Å². The third kappa shape index (κ3) is 3.41. The Kier molecular flexibility index (Phi) is 3.01. The van der Waals surface area contributed by atoms with Gasteiger partial charge >= 0.3 is 0 Å². The van der Waals surface area contributed by atoms with Gasteiger partial charge in [-0.3, -0.25) is 0 Å². The van der Waals surface area contributed by atoms with Gasteiger partial charge in [-0.25, -0.2) is 0 Å². The predicted octanol–water partition coefficient (Wildman–Crippen LogP) is 0.576. The first kappa shape index (κ1) is 4.41. The van der Waals surface area contributed by atoms with E-state index >= 15 is 0 Å². The van der Waals surface area contributed by atoms with Gasteiger partial charge in [0.25, 0.3) is 0 Å². The maximum absolute atomic E-state index is 9.28. The lowest BCUT2D eigenvalue weighted by Crippen LogP contribution is -1.61. The predicted molar refractivity (Wildman–Crippen MR) is 20.6 cm³/mol. The molecule has 0 bridgehead atoms. The van der Waals surface area contributed by atoms with Crippen LogP contribution in [0.15, 0.2) is 12.7 Å². The van der Waals surface area contributed by atoms with E-state index in [0.29, 0.717) is 6.29 Å². The van der Waals surface area contributed by atoms with Gasteiger partial charge in [0, 0.05) is 6.42 Å². The molecule has 1 nitrogen and oxygen atoms in total. The number of aldehydes is 1. The lowest BCUT2D eigenvalue weighted by Gasteiger charge is -1.58. The second-order valence-electron chi connectivity index (χ2n) is 0.564. The molecule has 1 radical (unpaired) electrons. The fourth-order valence-corrected chi connectivity index (χ4v) is 0.0556. The summed E-state index contributed by atoms with van der Waals surface area (Å²) in [6.45, 7) is 3.26. The van der Waals surface area contributed by atoms with Crippen molar-refractivity contribution in [1.29, 1.82) is 0 Å². The van der Waals surface area contributed by atoms with Crippen molar-refractivity contribution in [2.75, 3.05) is 0 Å². The van der Waals surface area contributed by atoms with Crippen LogP contribution >= 0.6 is 0 Å². The maximum Gasteiger partial charge on any atom is 0.127 e. The first-order valence-corrected chi connectivity index (χ1v) is 1.31. The van der Waals surface area contributed by atoms with Gasteiger partial charge in [-0.15, -0.1) is 6.58 Å². The fourth-order valence-electron chi connectivity index (χ4n) is 0.0556. The van der Waals surface area contributed by atoms with Crippen LogP contribution in [-0.4, -0.2) is 6.29 Å². The summed E-state index contributed by atoms with van der Waals surface area (Å²) in [6.07, 6.45) is 3.46. The molecular weight excluding hydrogens is 65.0 g/mol. The lowest BCUT2D eigenvalue weighted by atomic mass is 10.6. The minimum atomic E-state index is 0.688. The highest BCUT2D eigenvalue weighted by Crippen LogP contribution is 1.61. The van der Waals surface area contributed by atoms with E-state index in [2.05, 4.69) is 6.58 Å². The zero-order valence-corrected chi connectivity index (χ0v) is 2.85. The molecule has 0 heterocycles. The molecule has 0 saturated carbocycles. The fraction of sp³-hybridized carbons (Fsp3) is 0. The van der Waals surface area contributed by atoms with E-state index in [1.807, 2.05) is 0 Å². The minimum Gasteiger partial charge on any atom is -0.303 e. The molecule has 0 rings (SSSR count). The van der Waals surface area contributed by atoms with Gasteiger partial charge in [0.05, 0.1) is 0 Å². The summed E-state index contributed by atoms with van der Waals surface area (Å²) in [5, 5.41) is 0. The smallest absolute Gasteiger partial charge is 0.127 e. The van der Waals surface area contributed by atoms with Crippen LogP contribution < -0.4 is 0 Å². The molecule has 0 fully saturated rings. The van der Waals surface area contributed by atoms with E-state index in [9.17, 15) is 4.79 Å². The molecule has 0 unspecified atom stereocenters. The summed E-state index contributed by atoms with van der Waals surface area (Å²) in [7, 11) is 0. The van der Waals surface area contributed by atoms with Crippen molar-refractivity contribution in [3.05, 3.63) is 19.1 Å². The lowest BCUT2D eigenvalue weighted by molar-refractivity contribution is -0.104. The minimum absolute atomic E-state index is 0.688. The average molecular weight is 70.1 g/mol. The average Bonchev–Trinajstić information content (AvgIpc) is 1.41. The van der Waals surface area contributed by atoms with Gasteiger partial charge in [0.15, 0.2) is 0 Å². The Morgan fingerprint density at radius 2 is 2.20 bits per heavy atom. The van der Waals surface area contributed by atoms with Crippen LogP contribution in [0.4, 0.5) is 0 Å². The second-order valence-corrected chi connectivity index (χ2v) is 0.564. The topological polar surface area (TPSA) is 17.1 Å². The number of hydrogen-bond acceptors (Lipinski definition) is 1. The van der Waals surface area contributed by atoms with Gasteiger partial charge in [0.1, 0.15) is 6.29 Å². The van der Waals surface area contributed by atoms with Crippen molar-refractivity contribution >= 4 is 6.29 Å². The Hall–Kier alpha value is -0.590. The Bertz CT molecular complexity index is 32.9. The van der Waals surface area contributed by atoms with E-state index in [4.69, 9.17) is 0 Å². The summed E-state index contributed by atoms with van der Waals surface area (Å²) in [5.41, 5.74) is 0. The zero-order valence-electron chi connectivity index (χ0n) is 2.85. The largest absolute Gasteiger partial charge is 0.303 e. The van der Waals surface area contributed by atoms with Crippen LogP contribution in [-0.2, 0) is 4.79 Å². The molecule has 0 atom stereocenters. The third-order valence-electron chi connectivity index (χ3n) is 0.215. The Morgan fingerprint density at radius 1 is 1.60 bits per heavy atom. The quantitative estimate of drug-likeness (QED) is 0.343. The summed E-state index contributed by atoms with van der Waals surface area (Å²) >= 11 is 0. The zero-order chi connectivity index (χ0) is 4.12. The van der Waals surface area contributed by atoms with E-state index in [1.165, 1.54) is 12.5 Å². The van der Waals surface area contributed by atoms with Gasteiger partial charge in [-0.1, -0.05) is 6.08 Å². The van der Waals surface area contributed by atoms with Crippen LogP contribution in [0.2, 0.25) is 0 Å². The van der Waals surface area contributed by atoms with Gasteiger partial charge in [0.2, 0.25) is 0 Å². The van der Waals surface area contributed by atoms with E-state index < -0.39 is 0 Å². The van der Waals surface area contributed by atoms with Gasteiger partial charge in [-0.05, 0) is 0 Å². The SMILES string of the molecule is C=C[CH][13CH]=O. The molecule has 0 aliphatic heterocycles. The summed E-state index contributed by atoms with van der Waals surface area (Å²) in [5.74, 6) is 0. The first-order chi connectivity index (χ1) is 2.41. The van der Waals surface area contributed by atoms with Crippen LogP contribution in [0.5, 0.6) is 0 Å². The monoisotopic (exact) mass is 70.0 g/mol. The molecule has 0 aliphatic rings. The number of hydrogen-bond donors (Lipinski definition) is 0. The summed E-state index contributed by atoms with van der Waals surface area (Å²) < 4.78 is 0. The molecule has 5 heavy (non-hydrogen) atoms. The van der Waals surface area contributed by atoms with Gasteiger partial charge < -0.3 is 4.79 Å². The highest BCUT2D eigenvalue weighted by molar-refractivity contribution is 5.63. The normalized spacial score (nSPS) is 6.40. The van der Waals surface area contributed by atoms with E-state index in [1.54, 1.807) is 0 Å². The molecule has 0 aromatic heterocycles. The van der Waals surface area contributed by atoms with Crippen LogP contribution in [0.3, 0.4) is 0 Å². The van der Waals surface area contributed by atoms with Crippen molar-refractivity contribution in [1.82, 2.24) is 0 Å². The molecular formula is C4H5O. The van der Waals surface area contributed by atoms with Crippen LogP contribution in [0.1, 0.15) is 0 Å². The van der Waals surface area contributed by atoms with Crippen molar-refractivity contribution < 1.29 is 4.79 Å². The highest BCUT2D eigenvalue weighted by Gasteiger charge is 1.60. The van der Waals surface area contributed by atoms with Crippen LogP contribution in [0.25, 0.3) is 0 Å². The van der Waals surface area contributed by atoms with Crippen molar-refractivity contribution in [3.8, 4) is 0 Å². The van der Waals surface area contributed by atoms with Crippen molar-refractivity contribution in [3.63, 3.8) is 0 Å².